The molecule has 4 rings (SSSR count). The van der Waals surface area contributed by atoms with Crippen LogP contribution in [0.25, 0.3) is 16.7 Å². The molecule has 0 atom stereocenters. The van der Waals surface area contributed by atoms with Crippen LogP contribution in [-0.4, -0.2) is 14.4 Å². The summed E-state index contributed by atoms with van der Waals surface area (Å²) in [5, 5.41) is 4.27. The van der Waals surface area contributed by atoms with Gasteiger partial charge in [0.15, 0.2) is 11.5 Å². The number of anilines is 2. The summed E-state index contributed by atoms with van der Waals surface area (Å²) < 4.78 is 2.00. The van der Waals surface area contributed by atoms with Crippen LogP contribution in [0.3, 0.4) is 0 Å². The number of nitrogens with zero attached hydrogens (tertiary/aromatic N) is 3. The number of rotatable bonds is 2. The lowest BCUT2D eigenvalue weighted by Gasteiger charge is -2.10. The van der Waals surface area contributed by atoms with Crippen LogP contribution >= 0.6 is 23.2 Å². The highest BCUT2D eigenvalue weighted by Gasteiger charge is 2.10. The summed E-state index contributed by atoms with van der Waals surface area (Å²) in [6.45, 7) is 0. The van der Waals surface area contributed by atoms with Crippen molar-refractivity contribution in [1.29, 1.82) is 0 Å². The highest BCUT2D eigenvalue weighted by Crippen LogP contribution is 2.28. The third-order valence-corrected chi connectivity index (χ3v) is 4.15. The lowest BCUT2D eigenvalue weighted by Crippen LogP contribution is -1.99. The zero-order valence-corrected chi connectivity index (χ0v) is 12.8. The maximum absolute atomic E-state index is 6.06. The van der Waals surface area contributed by atoms with Crippen molar-refractivity contribution in [2.45, 2.75) is 0 Å². The molecule has 108 valence electrons. The Bertz CT molecular complexity index is 994. The van der Waals surface area contributed by atoms with E-state index in [0.29, 0.717) is 15.9 Å². The average Bonchev–Trinajstić information content (AvgIpc) is 3.01. The van der Waals surface area contributed by atoms with Crippen molar-refractivity contribution >= 4 is 51.4 Å². The highest BCUT2D eigenvalue weighted by molar-refractivity contribution is 6.42. The SMILES string of the molecule is Clc1ccc(Nc2nc3ccccc3n3ccnc23)cc1Cl. The number of benzene rings is 2. The molecule has 22 heavy (non-hydrogen) atoms. The van der Waals surface area contributed by atoms with E-state index in [0.717, 1.165) is 22.4 Å². The van der Waals surface area contributed by atoms with Gasteiger partial charge in [-0.25, -0.2) is 9.97 Å². The molecule has 0 aliphatic heterocycles. The van der Waals surface area contributed by atoms with Crippen molar-refractivity contribution in [2.24, 2.45) is 0 Å². The predicted molar refractivity (Wildman–Crippen MR) is 90.2 cm³/mol. The molecule has 0 bridgehead atoms. The Morgan fingerprint density at radius 1 is 1.00 bits per heavy atom. The molecule has 4 nitrogen and oxygen atoms in total. The maximum Gasteiger partial charge on any atom is 0.180 e. The van der Waals surface area contributed by atoms with Gasteiger partial charge in [0, 0.05) is 18.1 Å². The van der Waals surface area contributed by atoms with Gasteiger partial charge in [0.05, 0.1) is 21.1 Å². The first-order valence-electron chi connectivity index (χ1n) is 6.66. The van der Waals surface area contributed by atoms with Gasteiger partial charge in [-0.05, 0) is 30.3 Å². The number of hydrogen-bond acceptors (Lipinski definition) is 3. The summed E-state index contributed by atoms with van der Waals surface area (Å²) in [6.07, 6.45) is 3.67. The van der Waals surface area contributed by atoms with Crippen molar-refractivity contribution in [1.82, 2.24) is 14.4 Å². The van der Waals surface area contributed by atoms with E-state index in [9.17, 15) is 0 Å². The second-order valence-corrected chi connectivity index (χ2v) is 5.64. The first kappa shape index (κ1) is 13.4. The van der Waals surface area contributed by atoms with Crippen molar-refractivity contribution in [3.05, 3.63) is 64.9 Å². The molecule has 4 aromatic rings. The fraction of sp³-hybridized carbons (Fsp3) is 0. The van der Waals surface area contributed by atoms with Gasteiger partial charge >= 0.3 is 0 Å². The Morgan fingerprint density at radius 3 is 2.73 bits per heavy atom. The molecular weight excluding hydrogens is 319 g/mol. The Morgan fingerprint density at radius 2 is 1.86 bits per heavy atom. The third kappa shape index (κ3) is 2.17. The van der Waals surface area contributed by atoms with E-state index < -0.39 is 0 Å². The largest absolute Gasteiger partial charge is 0.337 e. The molecule has 0 amide bonds. The van der Waals surface area contributed by atoms with Crippen LogP contribution in [0, 0.1) is 0 Å². The molecule has 1 N–H and O–H groups in total. The van der Waals surface area contributed by atoms with Crippen molar-refractivity contribution < 1.29 is 0 Å². The van der Waals surface area contributed by atoms with Crippen LogP contribution in [0.15, 0.2) is 54.9 Å². The number of nitrogens with one attached hydrogen (secondary N) is 1. The average molecular weight is 329 g/mol. The molecule has 6 heteroatoms. The molecular formula is C16H10Cl2N4. The van der Waals surface area contributed by atoms with Crippen LogP contribution in [0.2, 0.25) is 10.0 Å². The summed E-state index contributed by atoms with van der Waals surface area (Å²) in [5.41, 5.74) is 3.46. The zero-order valence-electron chi connectivity index (χ0n) is 11.3. The van der Waals surface area contributed by atoms with Crippen LogP contribution in [-0.2, 0) is 0 Å². The summed E-state index contributed by atoms with van der Waals surface area (Å²) in [5.74, 6) is 0.669. The minimum Gasteiger partial charge on any atom is -0.337 e. The van der Waals surface area contributed by atoms with Gasteiger partial charge in [0.25, 0.3) is 0 Å². The summed E-state index contributed by atoms with van der Waals surface area (Å²) in [6, 6.07) is 13.3. The van der Waals surface area contributed by atoms with E-state index in [1.54, 1.807) is 18.3 Å². The molecule has 0 aliphatic carbocycles. The molecule has 0 radical (unpaired) electrons. The normalized spacial score (nSPS) is 11.2. The predicted octanol–water partition coefficient (Wildman–Crippen LogP) is 4.93. The van der Waals surface area contributed by atoms with E-state index in [-0.39, 0.29) is 0 Å². The van der Waals surface area contributed by atoms with E-state index in [4.69, 9.17) is 23.2 Å². The second-order valence-electron chi connectivity index (χ2n) is 4.82. The van der Waals surface area contributed by atoms with E-state index in [1.165, 1.54) is 0 Å². The van der Waals surface area contributed by atoms with Gasteiger partial charge in [0.1, 0.15) is 0 Å². The molecule has 0 saturated carbocycles. The Labute approximate surface area is 136 Å². The minimum atomic E-state index is 0.492. The summed E-state index contributed by atoms with van der Waals surface area (Å²) >= 11 is 12.0. The van der Waals surface area contributed by atoms with Crippen molar-refractivity contribution in [2.75, 3.05) is 5.32 Å². The van der Waals surface area contributed by atoms with E-state index in [1.807, 2.05) is 40.9 Å². The zero-order chi connectivity index (χ0) is 15.1. The van der Waals surface area contributed by atoms with Gasteiger partial charge in [-0.1, -0.05) is 35.3 Å². The van der Waals surface area contributed by atoms with Crippen molar-refractivity contribution in [3.8, 4) is 0 Å². The van der Waals surface area contributed by atoms with Crippen LogP contribution in [0.5, 0.6) is 0 Å². The smallest absolute Gasteiger partial charge is 0.180 e. The fourth-order valence-electron chi connectivity index (χ4n) is 2.40. The van der Waals surface area contributed by atoms with Gasteiger partial charge in [-0.15, -0.1) is 0 Å². The summed E-state index contributed by atoms with van der Waals surface area (Å²) in [7, 11) is 0. The first-order valence-corrected chi connectivity index (χ1v) is 7.42. The topological polar surface area (TPSA) is 42.2 Å². The summed E-state index contributed by atoms with van der Waals surface area (Å²) in [4.78, 5) is 9.04. The number of imidazole rings is 1. The molecule has 2 heterocycles. The third-order valence-electron chi connectivity index (χ3n) is 3.41. The van der Waals surface area contributed by atoms with Gasteiger partial charge in [-0.3, -0.25) is 4.40 Å². The molecule has 2 aromatic carbocycles. The van der Waals surface area contributed by atoms with E-state index in [2.05, 4.69) is 15.3 Å². The monoisotopic (exact) mass is 328 g/mol. The fourth-order valence-corrected chi connectivity index (χ4v) is 2.70. The van der Waals surface area contributed by atoms with Gasteiger partial charge < -0.3 is 5.32 Å². The quantitative estimate of drug-likeness (QED) is 0.567. The van der Waals surface area contributed by atoms with Gasteiger partial charge in [-0.2, -0.15) is 0 Å². The second kappa shape index (κ2) is 5.16. The number of hydrogen-bond donors (Lipinski definition) is 1. The Hall–Kier alpha value is -2.30. The number of fused-ring (bicyclic) bond motifs is 3. The lowest BCUT2D eigenvalue weighted by molar-refractivity contribution is 1.21. The number of aromatic nitrogens is 3. The molecule has 0 unspecified atom stereocenters. The Kier molecular flexibility index (Phi) is 3.13. The molecule has 2 aromatic heterocycles. The molecule has 0 saturated heterocycles. The molecule has 0 aliphatic rings. The van der Waals surface area contributed by atoms with Crippen LogP contribution in [0.1, 0.15) is 0 Å². The van der Waals surface area contributed by atoms with Gasteiger partial charge in [0.2, 0.25) is 0 Å². The van der Waals surface area contributed by atoms with E-state index >= 15 is 0 Å². The standard InChI is InChI=1S/C16H10Cl2N4/c17-11-6-5-10(9-12(11)18)20-15-16-19-7-8-22(16)14-4-2-1-3-13(14)21-15/h1-9H,(H,20,21). The Balaban J connectivity index is 1.89. The first-order chi connectivity index (χ1) is 10.7. The molecule has 0 fully saturated rings. The van der Waals surface area contributed by atoms with Crippen LogP contribution in [0.4, 0.5) is 11.5 Å². The van der Waals surface area contributed by atoms with Crippen molar-refractivity contribution in [3.63, 3.8) is 0 Å². The minimum absolute atomic E-state index is 0.492. The highest BCUT2D eigenvalue weighted by atomic mass is 35.5. The van der Waals surface area contributed by atoms with Crippen LogP contribution < -0.4 is 5.32 Å². The maximum atomic E-state index is 6.06. The number of halogens is 2. The lowest BCUT2D eigenvalue weighted by atomic mass is 10.3. The number of para-hydroxylation sites is 2. The molecule has 0 spiro atoms.